The van der Waals surface area contributed by atoms with E-state index in [0.717, 1.165) is 5.56 Å². The number of nitrogens with one attached hydrogen (secondary N) is 2. The van der Waals surface area contributed by atoms with Gasteiger partial charge in [-0.25, -0.2) is 0 Å². The molecule has 2 N–H and O–H groups in total. The van der Waals surface area contributed by atoms with Crippen molar-refractivity contribution < 1.29 is 4.79 Å². The molecule has 4 rings (SSSR count). The summed E-state index contributed by atoms with van der Waals surface area (Å²) in [5.41, 5.74) is 3.53. The molecule has 0 saturated carbocycles. The molecule has 1 aromatic heterocycles. The van der Waals surface area contributed by atoms with Crippen LogP contribution in [0.1, 0.15) is 24.1 Å². The number of benzene rings is 2. The number of tetrazole rings is 1. The zero-order valence-corrected chi connectivity index (χ0v) is 16.6. The van der Waals surface area contributed by atoms with Crippen molar-refractivity contribution in [3.63, 3.8) is 0 Å². The minimum atomic E-state index is -0.596. The number of rotatable bonds is 3. The maximum atomic E-state index is 13.2. The predicted octanol–water partition coefficient (Wildman–Crippen LogP) is 4.22. The van der Waals surface area contributed by atoms with Crippen LogP contribution in [0, 0.1) is 6.92 Å². The first kappa shape index (κ1) is 18.5. The molecule has 7 nitrogen and oxygen atoms in total. The molecule has 1 aliphatic heterocycles. The van der Waals surface area contributed by atoms with Crippen LogP contribution in [0.15, 0.2) is 53.7 Å². The molecule has 0 radical (unpaired) electrons. The highest BCUT2D eigenvalue weighted by molar-refractivity contribution is 6.35. The lowest BCUT2D eigenvalue weighted by Gasteiger charge is -2.28. The summed E-state index contributed by atoms with van der Waals surface area (Å²) >= 11 is 12.5. The maximum Gasteiger partial charge on any atom is 0.255 e. The van der Waals surface area contributed by atoms with Gasteiger partial charge >= 0.3 is 0 Å². The van der Waals surface area contributed by atoms with Crippen molar-refractivity contribution in [2.45, 2.75) is 19.9 Å². The van der Waals surface area contributed by atoms with Crippen LogP contribution in [0.4, 0.5) is 11.6 Å². The van der Waals surface area contributed by atoms with Gasteiger partial charge in [0.25, 0.3) is 5.91 Å². The second-order valence-corrected chi connectivity index (χ2v) is 7.35. The number of amides is 1. The molecule has 1 atom stereocenters. The molecule has 2 aromatic carbocycles. The summed E-state index contributed by atoms with van der Waals surface area (Å²) in [7, 11) is 0. The van der Waals surface area contributed by atoms with Crippen molar-refractivity contribution >= 4 is 40.7 Å². The molecule has 9 heteroatoms. The van der Waals surface area contributed by atoms with Crippen LogP contribution in [0.25, 0.3) is 0 Å². The highest BCUT2D eigenvalue weighted by Crippen LogP contribution is 2.38. The zero-order valence-electron chi connectivity index (χ0n) is 15.1. The Bertz CT molecular complexity index is 1110. The quantitative estimate of drug-likeness (QED) is 0.669. The van der Waals surface area contributed by atoms with E-state index in [4.69, 9.17) is 23.2 Å². The number of anilines is 2. The van der Waals surface area contributed by atoms with E-state index in [0.29, 0.717) is 38.5 Å². The van der Waals surface area contributed by atoms with Crippen LogP contribution >= 0.6 is 23.2 Å². The Morgan fingerprint density at radius 2 is 2.00 bits per heavy atom. The second kappa shape index (κ2) is 7.26. The van der Waals surface area contributed by atoms with Gasteiger partial charge in [-0.1, -0.05) is 46.5 Å². The van der Waals surface area contributed by atoms with E-state index in [1.807, 2.05) is 31.2 Å². The number of carbonyl (C=O) groups excluding carboxylic acids is 1. The van der Waals surface area contributed by atoms with Gasteiger partial charge in [-0.05, 0) is 54.1 Å². The molecule has 0 saturated heterocycles. The van der Waals surface area contributed by atoms with Crippen LogP contribution in [-0.4, -0.2) is 26.1 Å². The van der Waals surface area contributed by atoms with Gasteiger partial charge in [0, 0.05) is 27.0 Å². The van der Waals surface area contributed by atoms with Gasteiger partial charge in [0.05, 0.1) is 5.57 Å². The number of hydrogen-bond acceptors (Lipinski definition) is 5. The van der Waals surface area contributed by atoms with E-state index in [1.54, 1.807) is 25.1 Å². The minimum Gasteiger partial charge on any atom is -0.326 e. The average molecular weight is 415 g/mol. The Hall–Kier alpha value is -2.90. The first-order valence-electron chi connectivity index (χ1n) is 8.52. The minimum absolute atomic E-state index is 0.271. The monoisotopic (exact) mass is 414 g/mol. The highest BCUT2D eigenvalue weighted by atomic mass is 35.5. The third-order valence-corrected chi connectivity index (χ3v) is 5.05. The van der Waals surface area contributed by atoms with Gasteiger partial charge in [0.2, 0.25) is 5.95 Å². The molecule has 0 spiro atoms. The second-order valence-electron chi connectivity index (χ2n) is 6.50. The molecular formula is C19H16Cl2N6O. The molecule has 1 amide bonds. The standard InChI is InChI=1S/C19H16Cl2N6O/c1-10-4-3-5-13(8-10)23-18(28)16-11(2)22-19-24-25-26-27(19)17(16)14-7-6-12(20)9-15(14)21/h3-9,17H,1-2H3,(H,23,28)(H,22,24,26). The lowest BCUT2D eigenvalue weighted by Crippen LogP contribution is -2.31. The van der Waals surface area contributed by atoms with Crippen LogP contribution in [0.3, 0.4) is 0 Å². The van der Waals surface area contributed by atoms with E-state index in [2.05, 4.69) is 26.2 Å². The van der Waals surface area contributed by atoms with E-state index in [-0.39, 0.29) is 5.91 Å². The SMILES string of the molecule is CC1=C(C(=O)Nc2cccc(C)c2)C(c2ccc(Cl)cc2Cl)n2nnnc2N1. The van der Waals surface area contributed by atoms with Gasteiger partial charge in [-0.3, -0.25) is 4.79 Å². The Morgan fingerprint density at radius 1 is 1.18 bits per heavy atom. The number of carbonyl (C=O) groups is 1. The average Bonchev–Trinajstić information content (AvgIpc) is 3.09. The van der Waals surface area contributed by atoms with Crippen LogP contribution in [0.2, 0.25) is 10.0 Å². The van der Waals surface area contributed by atoms with Gasteiger partial charge in [-0.15, -0.1) is 0 Å². The molecule has 2 heterocycles. The maximum absolute atomic E-state index is 13.2. The first-order valence-corrected chi connectivity index (χ1v) is 9.28. The summed E-state index contributed by atoms with van der Waals surface area (Å²) in [6, 6.07) is 12.1. The van der Waals surface area contributed by atoms with Crippen molar-refractivity contribution in [1.29, 1.82) is 0 Å². The van der Waals surface area contributed by atoms with Gasteiger partial charge in [0.15, 0.2) is 0 Å². The fraction of sp³-hybridized carbons (Fsp3) is 0.158. The van der Waals surface area contributed by atoms with E-state index < -0.39 is 6.04 Å². The molecule has 0 fully saturated rings. The molecule has 3 aromatic rings. The van der Waals surface area contributed by atoms with Crippen LogP contribution < -0.4 is 10.6 Å². The van der Waals surface area contributed by atoms with Crippen molar-refractivity contribution in [2.24, 2.45) is 0 Å². The Morgan fingerprint density at radius 3 is 2.75 bits per heavy atom. The van der Waals surface area contributed by atoms with Crippen molar-refractivity contribution in [3.05, 3.63) is 74.9 Å². The fourth-order valence-corrected chi connectivity index (χ4v) is 3.75. The smallest absolute Gasteiger partial charge is 0.255 e. The summed E-state index contributed by atoms with van der Waals surface area (Å²) in [5.74, 6) is 0.161. The van der Waals surface area contributed by atoms with Crippen molar-refractivity contribution in [2.75, 3.05) is 10.6 Å². The molecular weight excluding hydrogens is 399 g/mol. The topological polar surface area (TPSA) is 84.7 Å². The number of allylic oxidation sites excluding steroid dienone is 1. The summed E-state index contributed by atoms with van der Waals surface area (Å²) < 4.78 is 1.53. The molecule has 1 aliphatic rings. The largest absolute Gasteiger partial charge is 0.326 e. The Kier molecular flexibility index (Phi) is 4.78. The lowest BCUT2D eigenvalue weighted by molar-refractivity contribution is -0.113. The number of nitrogens with zero attached hydrogens (tertiary/aromatic N) is 4. The first-order chi connectivity index (χ1) is 13.4. The van der Waals surface area contributed by atoms with E-state index in [1.165, 1.54) is 4.68 Å². The van der Waals surface area contributed by atoms with Gasteiger partial charge < -0.3 is 10.6 Å². The number of fused-ring (bicyclic) bond motifs is 1. The molecule has 142 valence electrons. The van der Waals surface area contributed by atoms with Gasteiger partial charge in [-0.2, -0.15) is 4.68 Å². The zero-order chi connectivity index (χ0) is 19.8. The number of aromatic nitrogens is 4. The molecule has 1 unspecified atom stereocenters. The van der Waals surface area contributed by atoms with E-state index >= 15 is 0 Å². The van der Waals surface area contributed by atoms with Gasteiger partial charge in [0.1, 0.15) is 6.04 Å². The van der Waals surface area contributed by atoms with Crippen LogP contribution in [0.5, 0.6) is 0 Å². The van der Waals surface area contributed by atoms with Crippen molar-refractivity contribution in [3.8, 4) is 0 Å². The van der Waals surface area contributed by atoms with Crippen LogP contribution in [-0.2, 0) is 4.79 Å². The summed E-state index contributed by atoms with van der Waals surface area (Å²) in [6.07, 6.45) is 0. The Labute approximate surface area is 171 Å². The molecule has 0 bridgehead atoms. The molecule has 28 heavy (non-hydrogen) atoms. The predicted molar refractivity (Wildman–Crippen MR) is 109 cm³/mol. The normalized spacial score (nSPS) is 15.8. The number of halogens is 2. The Balaban J connectivity index is 1.79. The third-order valence-electron chi connectivity index (χ3n) is 4.49. The fourth-order valence-electron chi connectivity index (χ4n) is 3.24. The summed E-state index contributed by atoms with van der Waals surface area (Å²) in [4.78, 5) is 13.2. The third kappa shape index (κ3) is 3.34. The highest BCUT2D eigenvalue weighted by Gasteiger charge is 2.35. The van der Waals surface area contributed by atoms with E-state index in [9.17, 15) is 4.79 Å². The summed E-state index contributed by atoms with van der Waals surface area (Å²) in [6.45, 7) is 3.77. The van der Waals surface area contributed by atoms with Crippen molar-refractivity contribution in [1.82, 2.24) is 20.2 Å². The lowest BCUT2D eigenvalue weighted by atomic mass is 9.95. The number of hydrogen-bond donors (Lipinski definition) is 2. The summed E-state index contributed by atoms with van der Waals surface area (Å²) in [5, 5.41) is 18.7. The number of aryl methyl sites for hydroxylation is 1. The molecule has 0 aliphatic carbocycles.